The molecule has 1 aromatic rings. The van der Waals surface area contributed by atoms with Gasteiger partial charge in [0.2, 0.25) is 0 Å². The monoisotopic (exact) mass is 271 g/mol. The number of hydrogen-bond acceptors (Lipinski definition) is 4. The zero-order valence-electron chi connectivity index (χ0n) is 10.6. The summed E-state index contributed by atoms with van der Waals surface area (Å²) < 4.78 is 0. The van der Waals surface area contributed by atoms with Gasteiger partial charge in [-0.25, -0.2) is 9.78 Å². The number of amides is 2. The van der Waals surface area contributed by atoms with Crippen LogP contribution in [0.4, 0.5) is 4.79 Å². The maximum absolute atomic E-state index is 11.5. The minimum absolute atomic E-state index is 0.0737. The second kappa shape index (κ2) is 5.81. The Bertz CT molecular complexity index is 442. The molecule has 7 heteroatoms. The van der Waals surface area contributed by atoms with Crippen LogP contribution in [0.5, 0.6) is 0 Å². The van der Waals surface area contributed by atoms with E-state index in [1.165, 1.54) is 11.3 Å². The number of carbonyl (C=O) groups excluding carboxylic acids is 1. The molecule has 0 unspecified atom stereocenters. The first-order valence-electron chi connectivity index (χ1n) is 5.47. The van der Waals surface area contributed by atoms with Crippen molar-refractivity contribution in [2.45, 2.75) is 27.3 Å². The SMILES string of the molecule is Cc1nc(CNC(=O)NCC(C)(C)C(=O)O)cs1. The lowest BCUT2D eigenvalue weighted by molar-refractivity contribution is -0.146. The summed E-state index contributed by atoms with van der Waals surface area (Å²) in [6.45, 7) is 5.41. The Morgan fingerprint density at radius 2 is 2.11 bits per heavy atom. The van der Waals surface area contributed by atoms with E-state index in [1.807, 2.05) is 12.3 Å². The summed E-state index contributed by atoms with van der Waals surface area (Å²) in [4.78, 5) is 26.5. The van der Waals surface area contributed by atoms with Crippen LogP contribution in [-0.4, -0.2) is 28.6 Å². The highest BCUT2D eigenvalue weighted by Crippen LogP contribution is 2.12. The minimum Gasteiger partial charge on any atom is -0.481 e. The van der Waals surface area contributed by atoms with Crippen LogP contribution in [0.3, 0.4) is 0 Å². The average Bonchev–Trinajstić information content (AvgIpc) is 2.69. The first-order valence-corrected chi connectivity index (χ1v) is 6.35. The second-order valence-corrected chi connectivity index (χ2v) is 5.65. The molecule has 0 radical (unpaired) electrons. The summed E-state index contributed by atoms with van der Waals surface area (Å²) in [5, 5.41) is 16.9. The van der Waals surface area contributed by atoms with Gasteiger partial charge in [-0.05, 0) is 20.8 Å². The summed E-state index contributed by atoms with van der Waals surface area (Å²) in [5.74, 6) is -0.946. The third-order valence-electron chi connectivity index (χ3n) is 2.37. The Balaban J connectivity index is 2.32. The topological polar surface area (TPSA) is 91.3 Å². The second-order valence-electron chi connectivity index (χ2n) is 4.58. The van der Waals surface area contributed by atoms with Gasteiger partial charge in [0, 0.05) is 11.9 Å². The Morgan fingerprint density at radius 1 is 1.44 bits per heavy atom. The summed E-state index contributed by atoms with van der Waals surface area (Å²) in [7, 11) is 0. The molecule has 1 heterocycles. The zero-order chi connectivity index (χ0) is 13.8. The number of carbonyl (C=O) groups is 2. The van der Waals surface area contributed by atoms with Crippen molar-refractivity contribution < 1.29 is 14.7 Å². The maximum Gasteiger partial charge on any atom is 0.315 e. The molecule has 100 valence electrons. The minimum atomic E-state index is -0.978. The summed E-state index contributed by atoms with van der Waals surface area (Å²) in [6.07, 6.45) is 0. The quantitative estimate of drug-likeness (QED) is 0.754. The molecular formula is C11H17N3O3S. The van der Waals surface area contributed by atoms with E-state index in [-0.39, 0.29) is 6.54 Å². The van der Waals surface area contributed by atoms with Crippen molar-refractivity contribution in [2.75, 3.05) is 6.54 Å². The molecule has 6 nitrogen and oxygen atoms in total. The van der Waals surface area contributed by atoms with E-state index in [9.17, 15) is 9.59 Å². The van der Waals surface area contributed by atoms with Crippen LogP contribution in [-0.2, 0) is 11.3 Å². The van der Waals surface area contributed by atoms with Gasteiger partial charge in [-0.15, -0.1) is 11.3 Å². The Hall–Kier alpha value is -1.63. The average molecular weight is 271 g/mol. The normalized spacial score (nSPS) is 11.1. The van der Waals surface area contributed by atoms with Gasteiger partial charge in [0.15, 0.2) is 0 Å². The Kier molecular flexibility index (Phi) is 4.66. The Morgan fingerprint density at radius 3 is 2.61 bits per heavy atom. The van der Waals surface area contributed by atoms with Gasteiger partial charge in [0.25, 0.3) is 0 Å². The van der Waals surface area contributed by atoms with Crippen LogP contribution in [0, 0.1) is 12.3 Å². The number of thiazole rings is 1. The third-order valence-corrected chi connectivity index (χ3v) is 3.19. The highest BCUT2D eigenvalue weighted by Gasteiger charge is 2.27. The largest absolute Gasteiger partial charge is 0.481 e. The van der Waals surface area contributed by atoms with Crippen molar-refractivity contribution in [1.29, 1.82) is 0 Å². The van der Waals surface area contributed by atoms with E-state index in [4.69, 9.17) is 5.11 Å². The van der Waals surface area contributed by atoms with E-state index in [0.29, 0.717) is 6.54 Å². The maximum atomic E-state index is 11.5. The molecule has 2 amide bonds. The fourth-order valence-corrected chi connectivity index (χ4v) is 1.71. The molecule has 0 aliphatic heterocycles. The molecule has 18 heavy (non-hydrogen) atoms. The molecule has 0 atom stereocenters. The lowest BCUT2D eigenvalue weighted by atomic mass is 9.94. The number of aryl methyl sites for hydroxylation is 1. The van der Waals surface area contributed by atoms with Gasteiger partial charge in [0.1, 0.15) is 0 Å². The van der Waals surface area contributed by atoms with Crippen molar-refractivity contribution >= 4 is 23.3 Å². The smallest absolute Gasteiger partial charge is 0.315 e. The van der Waals surface area contributed by atoms with Gasteiger partial charge < -0.3 is 15.7 Å². The van der Waals surface area contributed by atoms with Crippen LogP contribution in [0.15, 0.2) is 5.38 Å². The molecule has 0 aliphatic carbocycles. The lowest BCUT2D eigenvalue weighted by Gasteiger charge is -2.19. The predicted molar refractivity (Wildman–Crippen MR) is 68.5 cm³/mol. The van der Waals surface area contributed by atoms with Crippen LogP contribution < -0.4 is 10.6 Å². The van der Waals surface area contributed by atoms with E-state index in [2.05, 4.69) is 15.6 Å². The van der Waals surface area contributed by atoms with Crippen LogP contribution in [0.2, 0.25) is 0 Å². The number of urea groups is 1. The predicted octanol–water partition coefficient (Wildman–Crippen LogP) is 1.36. The molecule has 0 saturated heterocycles. The van der Waals surface area contributed by atoms with Crippen molar-refractivity contribution in [1.82, 2.24) is 15.6 Å². The molecule has 0 spiro atoms. The summed E-state index contributed by atoms with van der Waals surface area (Å²) in [6, 6.07) is -0.394. The van der Waals surface area contributed by atoms with Crippen LogP contribution >= 0.6 is 11.3 Å². The number of nitrogens with one attached hydrogen (secondary N) is 2. The van der Waals surface area contributed by atoms with Gasteiger partial charge in [-0.2, -0.15) is 0 Å². The van der Waals surface area contributed by atoms with E-state index in [0.717, 1.165) is 10.7 Å². The first-order chi connectivity index (χ1) is 8.31. The molecule has 1 rings (SSSR count). The number of aromatic nitrogens is 1. The highest BCUT2D eigenvalue weighted by atomic mass is 32.1. The van der Waals surface area contributed by atoms with Gasteiger partial charge >= 0.3 is 12.0 Å². The van der Waals surface area contributed by atoms with Crippen molar-refractivity contribution in [2.24, 2.45) is 5.41 Å². The molecule has 0 fully saturated rings. The standard InChI is InChI=1S/C11H17N3O3S/c1-7-14-8(5-18-7)4-12-10(17)13-6-11(2,3)9(15)16/h5H,4,6H2,1-3H3,(H,15,16)(H2,12,13,17). The summed E-state index contributed by atoms with van der Waals surface area (Å²) in [5.41, 5.74) is -0.181. The molecule has 3 N–H and O–H groups in total. The highest BCUT2D eigenvalue weighted by molar-refractivity contribution is 7.09. The molecule has 0 saturated carbocycles. The lowest BCUT2D eigenvalue weighted by Crippen LogP contribution is -2.43. The van der Waals surface area contributed by atoms with E-state index >= 15 is 0 Å². The van der Waals surface area contributed by atoms with Crippen LogP contribution in [0.1, 0.15) is 24.5 Å². The molecule has 1 aromatic heterocycles. The number of hydrogen-bond donors (Lipinski definition) is 3. The molecule has 0 bridgehead atoms. The van der Waals surface area contributed by atoms with Crippen molar-refractivity contribution in [3.8, 4) is 0 Å². The van der Waals surface area contributed by atoms with Crippen molar-refractivity contribution in [3.05, 3.63) is 16.1 Å². The van der Waals surface area contributed by atoms with Gasteiger partial charge in [0.05, 0.1) is 22.7 Å². The van der Waals surface area contributed by atoms with E-state index in [1.54, 1.807) is 13.8 Å². The zero-order valence-corrected chi connectivity index (χ0v) is 11.4. The number of aliphatic carboxylic acids is 1. The number of nitrogens with zero attached hydrogens (tertiary/aromatic N) is 1. The van der Waals surface area contributed by atoms with Gasteiger partial charge in [-0.1, -0.05) is 0 Å². The molecule has 0 aromatic carbocycles. The molecular weight excluding hydrogens is 254 g/mol. The number of rotatable bonds is 5. The Labute approximate surface area is 109 Å². The summed E-state index contributed by atoms with van der Waals surface area (Å²) >= 11 is 1.52. The number of carboxylic acids is 1. The fraction of sp³-hybridized carbons (Fsp3) is 0.545. The van der Waals surface area contributed by atoms with Crippen molar-refractivity contribution in [3.63, 3.8) is 0 Å². The third kappa shape index (κ3) is 4.33. The van der Waals surface area contributed by atoms with Gasteiger partial charge in [-0.3, -0.25) is 4.79 Å². The molecule has 0 aliphatic rings. The number of carboxylic acid groups (broad SMARTS) is 1. The van der Waals surface area contributed by atoms with E-state index < -0.39 is 17.4 Å². The van der Waals surface area contributed by atoms with Crippen LogP contribution in [0.25, 0.3) is 0 Å². The first kappa shape index (κ1) is 14.4. The fourth-order valence-electron chi connectivity index (χ4n) is 1.10.